The van der Waals surface area contributed by atoms with E-state index in [2.05, 4.69) is 6.07 Å². The third-order valence-electron chi connectivity index (χ3n) is 7.68. The lowest BCUT2D eigenvalue weighted by Crippen LogP contribution is -2.57. The van der Waals surface area contributed by atoms with Crippen LogP contribution < -0.4 is 5.73 Å². The second-order valence-electron chi connectivity index (χ2n) is 9.70. The molecule has 0 spiro atoms. The minimum absolute atomic E-state index is 0.119. The van der Waals surface area contributed by atoms with Crippen LogP contribution in [0.25, 0.3) is 0 Å². The Hall–Kier alpha value is -2.64. The maximum atomic E-state index is 13.1. The van der Waals surface area contributed by atoms with Gasteiger partial charge >= 0.3 is 6.18 Å². The molecule has 0 unspecified atom stereocenters. The highest BCUT2D eigenvalue weighted by atomic mass is 19.4. The fourth-order valence-corrected chi connectivity index (χ4v) is 5.95. The van der Waals surface area contributed by atoms with Crippen molar-refractivity contribution in [2.24, 2.45) is 11.7 Å². The number of carbonyl (C=O) groups excluding carboxylic acids is 2. The summed E-state index contributed by atoms with van der Waals surface area (Å²) in [7, 11) is 0. The van der Waals surface area contributed by atoms with Crippen molar-refractivity contribution in [2.75, 3.05) is 13.1 Å². The summed E-state index contributed by atoms with van der Waals surface area (Å²) in [5, 5.41) is 9.34. The molecule has 1 aliphatic carbocycles. The number of amides is 2. The van der Waals surface area contributed by atoms with Gasteiger partial charge in [-0.3, -0.25) is 14.5 Å². The Morgan fingerprint density at radius 3 is 2.73 bits per heavy atom. The van der Waals surface area contributed by atoms with E-state index < -0.39 is 35.9 Å². The van der Waals surface area contributed by atoms with E-state index in [0.29, 0.717) is 30.9 Å². The Kier molecular flexibility index (Phi) is 5.18. The van der Waals surface area contributed by atoms with Crippen molar-refractivity contribution in [1.29, 1.82) is 5.26 Å². The van der Waals surface area contributed by atoms with Crippen molar-refractivity contribution in [3.8, 4) is 6.07 Å². The van der Waals surface area contributed by atoms with Gasteiger partial charge in [0.1, 0.15) is 6.04 Å². The highest BCUT2D eigenvalue weighted by Crippen LogP contribution is 2.48. The summed E-state index contributed by atoms with van der Waals surface area (Å²) in [5.74, 6) is 0.0196. The predicted octanol–water partition coefficient (Wildman–Crippen LogP) is 1.89. The average Bonchev–Trinajstić information content (AvgIpc) is 3.11. The summed E-state index contributed by atoms with van der Waals surface area (Å²) < 4.78 is 39.3. The lowest BCUT2D eigenvalue weighted by atomic mass is 10.0. The maximum Gasteiger partial charge on any atom is 0.416 e. The Morgan fingerprint density at radius 1 is 1.30 bits per heavy atom. The van der Waals surface area contributed by atoms with Crippen LogP contribution in [0.5, 0.6) is 0 Å². The van der Waals surface area contributed by atoms with Crippen LogP contribution >= 0.6 is 0 Å². The highest BCUT2D eigenvalue weighted by molar-refractivity contribution is 5.87. The van der Waals surface area contributed by atoms with Crippen LogP contribution in [-0.4, -0.2) is 69.8 Å². The number of nitrogens with zero attached hydrogens (tertiary/aromatic N) is 4. The van der Waals surface area contributed by atoms with Gasteiger partial charge in [0.15, 0.2) is 0 Å². The van der Waals surface area contributed by atoms with E-state index in [1.165, 1.54) is 6.07 Å². The molecule has 1 aromatic rings. The van der Waals surface area contributed by atoms with Gasteiger partial charge in [-0.1, -0.05) is 12.1 Å². The Morgan fingerprint density at radius 2 is 2.06 bits per heavy atom. The number of nitriles is 1. The van der Waals surface area contributed by atoms with Gasteiger partial charge in [-0.25, -0.2) is 0 Å². The summed E-state index contributed by atoms with van der Waals surface area (Å²) in [6.45, 7) is 2.49. The van der Waals surface area contributed by atoms with Gasteiger partial charge in [0, 0.05) is 25.2 Å². The first-order valence-electron chi connectivity index (χ1n) is 11.3. The number of piperidine rings is 1. The molecule has 1 saturated carbocycles. The molecule has 2 N–H and O–H groups in total. The Balaban J connectivity index is 1.24. The summed E-state index contributed by atoms with van der Waals surface area (Å²) in [5.41, 5.74) is 5.93. The monoisotopic (exact) mass is 461 g/mol. The zero-order valence-electron chi connectivity index (χ0n) is 18.2. The molecule has 1 aromatic carbocycles. The smallest absolute Gasteiger partial charge is 0.330 e. The molecule has 10 heteroatoms. The van der Waals surface area contributed by atoms with Crippen LogP contribution in [-0.2, 0) is 15.8 Å². The Labute approximate surface area is 189 Å². The second-order valence-corrected chi connectivity index (χ2v) is 9.70. The molecule has 3 heterocycles. The van der Waals surface area contributed by atoms with Crippen LogP contribution in [0.2, 0.25) is 0 Å². The number of fused-ring (bicyclic) bond motifs is 3. The van der Waals surface area contributed by atoms with E-state index in [9.17, 15) is 28.0 Å². The summed E-state index contributed by atoms with van der Waals surface area (Å²) in [4.78, 5) is 31.3. The zero-order chi connectivity index (χ0) is 23.7. The van der Waals surface area contributed by atoms with E-state index in [0.717, 1.165) is 18.6 Å². The largest absolute Gasteiger partial charge is 0.416 e. The van der Waals surface area contributed by atoms with Crippen LogP contribution in [0.1, 0.15) is 43.4 Å². The van der Waals surface area contributed by atoms with Gasteiger partial charge in [0.05, 0.1) is 29.8 Å². The third kappa shape index (κ3) is 3.67. The molecule has 2 bridgehead atoms. The molecule has 2 amide bonds. The summed E-state index contributed by atoms with van der Waals surface area (Å²) >= 11 is 0. The van der Waals surface area contributed by atoms with Crippen LogP contribution in [0.15, 0.2) is 24.3 Å². The minimum Gasteiger partial charge on any atom is -0.330 e. The van der Waals surface area contributed by atoms with E-state index in [-0.39, 0.29) is 30.4 Å². The van der Waals surface area contributed by atoms with Crippen LogP contribution in [0.3, 0.4) is 0 Å². The second kappa shape index (κ2) is 7.71. The summed E-state index contributed by atoms with van der Waals surface area (Å²) in [6, 6.07) is 5.11. The number of rotatable bonds is 5. The molecular weight excluding hydrogens is 435 g/mol. The van der Waals surface area contributed by atoms with Gasteiger partial charge in [0.2, 0.25) is 11.8 Å². The van der Waals surface area contributed by atoms with E-state index in [1.807, 2.05) is 4.90 Å². The van der Waals surface area contributed by atoms with Crippen molar-refractivity contribution in [3.63, 3.8) is 0 Å². The molecule has 4 fully saturated rings. The number of hydrogen-bond donors (Lipinski definition) is 1. The van der Waals surface area contributed by atoms with E-state index in [1.54, 1.807) is 22.8 Å². The molecule has 176 valence electrons. The van der Waals surface area contributed by atoms with E-state index in [4.69, 9.17) is 5.73 Å². The van der Waals surface area contributed by atoms with Crippen molar-refractivity contribution >= 4 is 11.8 Å². The molecule has 33 heavy (non-hydrogen) atoms. The number of alkyl halides is 3. The van der Waals surface area contributed by atoms with Crippen molar-refractivity contribution in [2.45, 2.75) is 68.6 Å². The Bertz CT molecular complexity index is 1020. The average molecular weight is 461 g/mol. The lowest BCUT2D eigenvalue weighted by Gasteiger charge is -2.38. The number of hydrogen-bond acceptors (Lipinski definition) is 5. The van der Waals surface area contributed by atoms with Crippen LogP contribution in [0.4, 0.5) is 13.2 Å². The predicted molar refractivity (Wildman–Crippen MR) is 111 cm³/mol. The number of nitrogens with two attached hydrogens (primary N) is 1. The molecule has 7 atom stereocenters. The molecule has 0 radical (unpaired) electrons. The van der Waals surface area contributed by atoms with Crippen molar-refractivity contribution in [3.05, 3.63) is 35.4 Å². The quantitative estimate of drug-likeness (QED) is 0.723. The first-order valence-corrected chi connectivity index (χ1v) is 11.3. The standard InChI is InChI=1S/C23H26F3N5O2/c1-12(13-3-2-4-15(5-13)23(24,25)26)30-17-8-20(22(30)33)29(10-17)11-18(28)21(32)31-16(9-27)6-14-7-19(14)31/h2-5,12,14,16-20H,6-8,10-11,28H2,1H3/t12-,14-,16+,17+,18+,19+,20+/m1/s1. The fraction of sp³-hybridized carbons (Fsp3) is 0.609. The zero-order valence-corrected chi connectivity index (χ0v) is 18.2. The van der Waals surface area contributed by atoms with Gasteiger partial charge in [0.25, 0.3) is 0 Å². The number of likely N-dealkylation sites (tertiary alicyclic amines) is 3. The molecule has 5 rings (SSSR count). The van der Waals surface area contributed by atoms with Gasteiger partial charge in [-0.05, 0) is 49.8 Å². The van der Waals surface area contributed by atoms with Crippen LogP contribution in [0, 0.1) is 17.2 Å². The molecular formula is C23H26F3N5O2. The van der Waals surface area contributed by atoms with Crippen molar-refractivity contribution in [1.82, 2.24) is 14.7 Å². The first-order chi connectivity index (χ1) is 15.6. The lowest BCUT2D eigenvalue weighted by molar-refractivity contribution is -0.141. The number of piperazine rings is 1. The molecule has 4 aliphatic rings. The number of carbonyl (C=O) groups is 2. The molecule has 0 aromatic heterocycles. The van der Waals surface area contributed by atoms with Crippen molar-refractivity contribution < 1.29 is 22.8 Å². The summed E-state index contributed by atoms with van der Waals surface area (Å²) in [6.07, 6.45) is -2.25. The van der Waals surface area contributed by atoms with Gasteiger partial charge in [-0.15, -0.1) is 0 Å². The van der Waals surface area contributed by atoms with Gasteiger partial charge < -0.3 is 15.5 Å². The number of halogens is 3. The highest BCUT2D eigenvalue weighted by Gasteiger charge is 2.56. The molecule has 3 saturated heterocycles. The number of benzene rings is 1. The molecule has 3 aliphatic heterocycles. The van der Waals surface area contributed by atoms with Gasteiger partial charge in [-0.2, -0.15) is 18.4 Å². The normalized spacial score (nSPS) is 32.6. The topological polar surface area (TPSA) is 93.7 Å². The third-order valence-corrected chi connectivity index (χ3v) is 7.68. The molecule has 7 nitrogen and oxygen atoms in total. The maximum absolute atomic E-state index is 13.1. The first kappa shape index (κ1) is 22.2. The SMILES string of the molecule is C[C@H](c1cccc(C(F)(F)F)c1)N1C(=O)[C@@H]2C[C@H]1CN2C[C@H](N)C(=O)N1[C@H](C#N)C[C@@H]2C[C@@H]21. The fourth-order valence-electron chi connectivity index (χ4n) is 5.95. The minimum atomic E-state index is -4.44. The van der Waals surface area contributed by atoms with E-state index >= 15 is 0 Å².